The maximum atomic E-state index is 12.3. The first-order chi connectivity index (χ1) is 10.6. The Morgan fingerprint density at radius 1 is 1.23 bits per heavy atom. The Morgan fingerprint density at radius 2 is 2.00 bits per heavy atom. The third kappa shape index (κ3) is 2.86. The number of aliphatic carboxylic acids is 1. The molecule has 22 heavy (non-hydrogen) atoms. The molecule has 0 saturated carbocycles. The molecule has 6 heteroatoms. The number of hydrogen-bond donors (Lipinski definition) is 1. The molecular formula is C16H17N3O3. The molecule has 1 saturated heterocycles. The summed E-state index contributed by atoms with van der Waals surface area (Å²) in [7, 11) is 0. The van der Waals surface area contributed by atoms with E-state index < -0.39 is 12.0 Å². The highest BCUT2D eigenvalue weighted by Gasteiger charge is 2.33. The van der Waals surface area contributed by atoms with E-state index in [0.717, 1.165) is 12.1 Å². The van der Waals surface area contributed by atoms with Gasteiger partial charge in [-0.25, -0.2) is 9.48 Å². The van der Waals surface area contributed by atoms with Gasteiger partial charge in [-0.15, -0.1) is 0 Å². The summed E-state index contributed by atoms with van der Waals surface area (Å²) in [6.07, 6.45) is 3.20. The van der Waals surface area contributed by atoms with Crippen LogP contribution in [0.2, 0.25) is 0 Å². The number of carboxylic acid groups (broad SMARTS) is 1. The number of hydrogen-bond acceptors (Lipinski definition) is 3. The van der Waals surface area contributed by atoms with Gasteiger partial charge >= 0.3 is 5.97 Å². The van der Waals surface area contributed by atoms with Gasteiger partial charge < -0.3 is 10.0 Å². The summed E-state index contributed by atoms with van der Waals surface area (Å²) in [5.41, 5.74) is 1.57. The van der Waals surface area contributed by atoms with Crippen LogP contribution in [0.5, 0.6) is 0 Å². The minimum Gasteiger partial charge on any atom is -0.480 e. The van der Waals surface area contributed by atoms with Crippen molar-refractivity contribution in [3.63, 3.8) is 0 Å². The van der Waals surface area contributed by atoms with Crippen LogP contribution in [0.1, 0.15) is 18.5 Å². The number of nitrogens with zero attached hydrogens (tertiary/aromatic N) is 3. The van der Waals surface area contributed by atoms with Crippen LogP contribution in [0.15, 0.2) is 42.6 Å². The highest BCUT2D eigenvalue weighted by molar-refractivity contribution is 5.85. The van der Waals surface area contributed by atoms with E-state index >= 15 is 0 Å². The number of aromatic nitrogens is 2. The minimum absolute atomic E-state index is 0.129. The van der Waals surface area contributed by atoms with Crippen molar-refractivity contribution in [2.24, 2.45) is 0 Å². The quantitative estimate of drug-likeness (QED) is 0.928. The summed E-state index contributed by atoms with van der Waals surface area (Å²) in [6, 6.07) is 10.7. The fourth-order valence-electron chi connectivity index (χ4n) is 2.76. The summed E-state index contributed by atoms with van der Waals surface area (Å²) in [4.78, 5) is 24.9. The van der Waals surface area contributed by atoms with Crippen LogP contribution < -0.4 is 0 Å². The second kappa shape index (κ2) is 6.01. The lowest BCUT2D eigenvalue weighted by molar-refractivity contribution is -0.148. The lowest BCUT2D eigenvalue weighted by Crippen LogP contribution is -2.41. The smallest absolute Gasteiger partial charge is 0.326 e. The molecule has 0 aliphatic carbocycles. The molecule has 1 atom stereocenters. The molecule has 1 aliphatic heterocycles. The van der Waals surface area contributed by atoms with Crippen LogP contribution in [0.25, 0.3) is 5.69 Å². The van der Waals surface area contributed by atoms with Crippen LogP contribution in [0.4, 0.5) is 0 Å². The summed E-state index contributed by atoms with van der Waals surface area (Å²) >= 11 is 0. The van der Waals surface area contributed by atoms with Crippen LogP contribution in [-0.4, -0.2) is 44.3 Å². The van der Waals surface area contributed by atoms with Crippen molar-refractivity contribution in [2.45, 2.75) is 25.3 Å². The maximum absolute atomic E-state index is 12.3. The van der Waals surface area contributed by atoms with E-state index in [4.69, 9.17) is 5.11 Å². The van der Waals surface area contributed by atoms with E-state index in [2.05, 4.69) is 5.10 Å². The predicted molar refractivity (Wildman–Crippen MR) is 79.6 cm³/mol. The zero-order chi connectivity index (χ0) is 15.5. The molecule has 1 N–H and O–H groups in total. The normalized spacial score (nSPS) is 17.6. The molecule has 114 valence electrons. The molecule has 1 amide bonds. The van der Waals surface area contributed by atoms with Crippen molar-refractivity contribution in [1.82, 2.24) is 14.7 Å². The second-order valence-corrected chi connectivity index (χ2v) is 5.35. The number of rotatable bonds is 4. The van der Waals surface area contributed by atoms with E-state index in [1.165, 1.54) is 4.90 Å². The number of amides is 1. The zero-order valence-corrected chi connectivity index (χ0v) is 12.1. The minimum atomic E-state index is -0.930. The van der Waals surface area contributed by atoms with E-state index in [-0.39, 0.29) is 12.3 Å². The Balaban J connectivity index is 1.70. The maximum Gasteiger partial charge on any atom is 0.326 e. The van der Waals surface area contributed by atoms with Crippen LogP contribution in [0, 0.1) is 0 Å². The number of carbonyl (C=O) groups is 2. The molecule has 1 fully saturated rings. The van der Waals surface area contributed by atoms with Crippen molar-refractivity contribution < 1.29 is 14.7 Å². The topological polar surface area (TPSA) is 75.4 Å². The highest BCUT2D eigenvalue weighted by atomic mass is 16.4. The average Bonchev–Trinajstić information content (AvgIpc) is 3.17. The second-order valence-electron chi connectivity index (χ2n) is 5.35. The Morgan fingerprint density at radius 3 is 2.73 bits per heavy atom. The van der Waals surface area contributed by atoms with Gasteiger partial charge in [-0.1, -0.05) is 18.2 Å². The Labute approximate surface area is 128 Å². The third-order valence-electron chi connectivity index (χ3n) is 3.86. The number of para-hydroxylation sites is 1. The van der Waals surface area contributed by atoms with Gasteiger partial charge in [0.05, 0.1) is 17.8 Å². The first kappa shape index (κ1) is 14.3. The Hall–Kier alpha value is -2.63. The fraction of sp³-hybridized carbons (Fsp3) is 0.312. The lowest BCUT2D eigenvalue weighted by Gasteiger charge is -2.20. The van der Waals surface area contributed by atoms with E-state index in [9.17, 15) is 9.59 Å². The van der Waals surface area contributed by atoms with Crippen LogP contribution in [0.3, 0.4) is 0 Å². The SMILES string of the molecule is O=C(O)[C@H]1CCCN1C(=O)Cc1ccn(-c2ccccc2)n1. The van der Waals surface area contributed by atoms with Gasteiger partial charge in [0, 0.05) is 12.7 Å². The van der Waals surface area contributed by atoms with Gasteiger partial charge in [0.25, 0.3) is 0 Å². The monoisotopic (exact) mass is 299 g/mol. The molecule has 1 aliphatic rings. The summed E-state index contributed by atoms with van der Waals surface area (Å²) in [5.74, 6) is -1.11. The van der Waals surface area contributed by atoms with Gasteiger partial charge in [0.1, 0.15) is 6.04 Å². The molecule has 0 unspecified atom stereocenters. The molecule has 6 nitrogen and oxygen atoms in total. The van der Waals surface area contributed by atoms with Crippen molar-refractivity contribution in [3.8, 4) is 5.69 Å². The molecule has 0 spiro atoms. The number of carbonyl (C=O) groups excluding carboxylic acids is 1. The van der Waals surface area contributed by atoms with E-state index in [1.807, 2.05) is 30.3 Å². The number of carboxylic acids is 1. The van der Waals surface area contributed by atoms with E-state index in [0.29, 0.717) is 18.7 Å². The predicted octanol–water partition coefficient (Wildman–Crippen LogP) is 1.49. The summed E-state index contributed by atoms with van der Waals surface area (Å²) in [5, 5.41) is 13.5. The highest BCUT2D eigenvalue weighted by Crippen LogP contribution is 2.18. The van der Waals surface area contributed by atoms with Crippen LogP contribution >= 0.6 is 0 Å². The molecule has 1 aromatic carbocycles. The van der Waals surface area contributed by atoms with Gasteiger partial charge in [0.15, 0.2) is 0 Å². The Kier molecular flexibility index (Phi) is 3.91. The molecular weight excluding hydrogens is 282 g/mol. The Bertz CT molecular complexity index is 681. The zero-order valence-electron chi connectivity index (χ0n) is 12.1. The average molecular weight is 299 g/mol. The molecule has 3 rings (SSSR count). The van der Waals surface area contributed by atoms with Crippen LogP contribution in [-0.2, 0) is 16.0 Å². The fourth-order valence-corrected chi connectivity index (χ4v) is 2.76. The van der Waals surface area contributed by atoms with Crippen molar-refractivity contribution in [3.05, 3.63) is 48.3 Å². The van der Waals surface area contributed by atoms with Crippen molar-refractivity contribution in [2.75, 3.05) is 6.54 Å². The third-order valence-corrected chi connectivity index (χ3v) is 3.86. The molecule has 2 heterocycles. The van der Waals surface area contributed by atoms with Gasteiger partial charge in [-0.2, -0.15) is 5.10 Å². The summed E-state index contributed by atoms with van der Waals surface area (Å²) in [6.45, 7) is 0.509. The van der Waals surface area contributed by atoms with Crippen molar-refractivity contribution in [1.29, 1.82) is 0 Å². The van der Waals surface area contributed by atoms with Gasteiger partial charge in [0.2, 0.25) is 5.91 Å². The molecule has 0 radical (unpaired) electrons. The standard InChI is InChI=1S/C16H17N3O3/c20-15(18-9-4-7-14(18)16(21)22)11-12-8-10-19(17-12)13-5-2-1-3-6-13/h1-3,5-6,8,10,14H,4,7,9,11H2,(H,21,22)/t14-/m1/s1. The van der Waals surface area contributed by atoms with Gasteiger partial charge in [-0.3, -0.25) is 4.79 Å². The lowest BCUT2D eigenvalue weighted by atomic mass is 10.2. The first-order valence-corrected chi connectivity index (χ1v) is 7.27. The molecule has 2 aromatic rings. The number of benzene rings is 1. The van der Waals surface area contributed by atoms with E-state index in [1.54, 1.807) is 16.9 Å². The summed E-state index contributed by atoms with van der Waals surface area (Å²) < 4.78 is 1.71. The van der Waals surface area contributed by atoms with Crippen molar-refractivity contribution >= 4 is 11.9 Å². The first-order valence-electron chi connectivity index (χ1n) is 7.27. The molecule has 0 bridgehead atoms. The molecule has 1 aromatic heterocycles. The van der Waals surface area contributed by atoms with Gasteiger partial charge in [-0.05, 0) is 31.0 Å². The number of likely N-dealkylation sites (tertiary alicyclic amines) is 1. The largest absolute Gasteiger partial charge is 0.480 e.